The van der Waals surface area contributed by atoms with E-state index in [0.29, 0.717) is 17.5 Å². The van der Waals surface area contributed by atoms with Gasteiger partial charge in [-0.15, -0.1) is 0 Å². The van der Waals surface area contributed by atoms with E-state index in [1.165, 1.54) is 6.07 Å². The van der Waals surface area contributed by atoms with E-state index in [4.69, 9.17) is 15.4 Å². The Hall–Kier alpha value is -1.07. The third-order valence-electron chi connectivity index (χ3n) is 3.00. The second-order valence-corrected chi connectivity index (χ2v) is 7.01. The van der Waals surface area contributed by atoms with Gasteiger partial charge in [0.05, 0.1) is 16.6 Å². The number of halogens is 1. The fraction of sp³-hybridized carbons (Fsp3) is 0.462. The minimum Gasteiger partial charge on any atom is -0.459 e. The van der Waals surface area contributed by atoms with Crippen LogP contribution in [0.4, 0.5) is 0 Å². The zero-order valence-electron chi connectivity index (χ0n) is 11.4. The lowest BCUT2D eigenvalue weighted by Gasteiger charge is -2.13. The number of carbonyl (C=O) groups is 1. The Morgan fingerprint density at radius 3 is 2.42 bits per heavy atom. The van der Waals surface area contributed by atoms with Crippen LogP contribution in [0.2, 0.25) is 0 Å². The van der Waals surface area contributed by atoms with E-state index in [0.717, 1.165) is 0 Å². The van der Waals surface area contributed by atoms with Crippen LogP contribution in [-0.2, 0) is 13.8 Å². The molecule has 0 radical (unpaired) electrons. The zero-order chi connectivity index (χ0) is 14.8. The minimum absolute atomic E-state index is 0.0507. The van der Waals surface area contributed by atoms with Gasteiger partial charge in [-0.1, -0.05) is 6.92 Å². The number of hydrogen-bond acceptors (Lipinski definition) is 4. The summed E-state index contributed by atoms with van der Waals surface area (Å²) >= 11 is 0. The summed E-state index contributed by atoms with van der Waals surface area (Å²) in [6, 6.07) is 2.86. The minimum atomic E-state index is -3.88. The molecule has 0 aliphatic carbocycles. The van der Waals surface area contributed by atoms with Gasteiger partial charge >= 0.3 is 5.97 Å². The molecule has 0 aliphatic heterocycles. The maximum atomic E-state index is 11.9. The Morgan fingerprint density at radius 2 is 1.95 bits per heavy atom. The Bertz CT molecular complexity index is 593. The van der Waals surface area contributed by atoms with Crippen LogP contribution in [0.3, 0.4) is 0 Å². The first kappa shape index (κ1) is 16.0. The van der Waals surface area contributed by atoms with Crippen molar-refractivity contribution in [1.29, 1.82) is 0 Å². The van der Waals surface area contributed by atoms with Crippen molar-refractivity contribution in [2.45, 2.75) is 45.1 Å². The number of benzene rings is 1. The van der Waals surface area contributed by atoms with Gasteiger partial charge in [-0.3, -0.25) is 0 Å². The van der Waals surface area contributed by atoms with Gasteiger partial charge in [0.2, 0.25) is 0 Å². The normalized spacial score (nSPS) is 13.1. The number of hydrogen-bond donors (Lipinski definition) is 0. The molecule has 1 unspecified atom stereocenters. The van der Waals surface area contributed by atoms with Crippen molar-refractivity contribution in [3.8, 4) is 0 Å². The van der Waals surface area contributed by atoms with Gasteiger partial charge < -0.3 is 4.74 Å². The van der Waals surface area contributed by atoms with Crippen LogP contribution in [0.15, 0.2) is 17.0 Å². The van der Waals surface area contributed by atoms with Gasteiger partial charge in [-0.2, -0.15) is 0 Å². The van der Waals surface area contributed by atoms with Crippen molar-refractivity contribution >= 4 is 25.7 Å². The Morgan fingerprint density at radius 1 is 1.37 bits per heavy atom. The van der Waals surface area contributed by atoms with Gasteiger partial charge in [-0.05, 0) is 50.5 Å². The first-order valence-corrected chi connectivity index (χ1v) is 8.24. The van der Waals surface area contributed by atoms with Gasteiger partial charge in [0, 0.05) is 10.7 Å². The van der Waals surface area contributed by atoms with Crippen LogP contribution in [0.1, 0.15) is 41.8 Å². The standard InChI is InChI=1S/C13H17ClO4S/c1-5-9(3)18-13(15)11-6-8(2)10(4)12(7-11)19(14,16)17/h6-7,9H,5H2,1-4H3. The maximum absolute atomic E-state index is 11.9. The third-order valence-corrected chi connectivity index (χ3v) is 4.45. The average Bonchev–Trinajstić information content (AvgIpc) is 2.30. The van der Waals surface area contributed by atoms with E-state index in [9.17, 15) is 13.2 Å². The highest BCUT2D eigenvalue weighted by atomic mass is 35.7. The van der Waals surface area contributed by atoms with Crippen LogP contribution in [0.25, 0.3) is 0 Å². The summed E-state index contributed by atoms with van der Waals surface area (Å²) in [6.45, 7) is 7.04. The second-order valence-electron chi connectivity index (χ2n) is 4.48. The van der Waals surface area contributed by atoms with Crippen molar-refractivity contribution in [2.24, 2.45) is 0 Å². The van der Waals surface area contributed by atoms with Crippen LogP contribution in [0.5, 0.6) is 0 Å². The highest BCUT2D eigenvalue weighted by molar-refractivity contribution is 8.13. The van der Waals surface area contributed by atoms with Crippen LogP contribution >= 0.6 is 10.7 Å². The highest BCUT2D eigenvalue weighted by Gasteiger charge is 2.20. The van der Waals surface area contributed by atoms with Crippen molar-refractivity contribution in [3.63, 3.8) is 0 Å². The van der Waals surface area contributed by atoms with Gasteiger partial charge in [-0.25, -0.2) is 13.2 Å². The Balaban J connectivity index is 3.25. The Labute approximate surface area is 118 Å². The van der Waals surface area contributed by atoms with E-state index < -0.39 is 15.0 Å². The molecule has 0 bridgehead atoms. The van der Waals surface area contributed by atoms with E-state index in [2.05, 4.69) is 0 Å². The molecular formula is C13H17ClO4S. The third kappa shape index (κ3) is 3.94. The van der Waals surface area contributed by atoms with Gasteiger partial charge in [0.15, 0.2) is 0 Å². The molecule has 0 aliphatic rings. The van der Waals surface area contributed by atoms with E-state index in [-0.39, 0.29) is 16.6 Å². The van der Waals surface area contributed by atoms with Crippen molar-refractivity contribution in [2.75, 3.05) is 0 Å². The first-order chi connectivity index (χ1) is 8.66. The largest absolute Gasteiger partial charge is 0.459 e. The highest BCUT2D eigenvalue weighted by Crippen LogP contribution is 2.24. The molecule has 4 nitrogen and oxygen atoms in total. The van der Waals surface area contributed by atoms with Crippen LogP contribution < -0.4 is 0 Å². The average molecular weight is 305 g/mol. The SMILES string of the molecule is CCC(C)OC(=O)c1cc(C)c(C)c(S(=O)(=O)Cl)c1. The number of ether oxygens (including phenoxy) is 1. The molecule has 0 aromatic heterocycles. The summed E-state index contributed by atoms with van der Waals surface area (Å²) in [7, 11) is 1.48. The Kier molecular flexibility index (Phi) is 4.98. The molecule has 0 fully saturated rings. The van der Waals surface area contributed by atoms with E-state index >= 15 is 0 Å². The molecule has 19 heavy (non-hydrogen) atoms. The van der Waals surface area contributed by atoms with E-state index in [1.54, 1.807) is 26.8 Å². The number of rotatable bonds is 4. The number of esters is 1. The molecule has 106 valence electrons. The van der Waals surface area contributed by atoms with Crippen molar-refractivity contribution in [1.82, 2.24) is 0 Å². The molecule has 1 aromatic carbocycles. The van der Waals surface area contributed by atoms with Gasteiger partial charge in [0.25, 0.3) is 9.05 Å². The number of carbonyl (C=O) groups excluding carboxylic acids is 1. The lowest BCUT2D eigenvalue weighted by Crippen LogP contribution is -2.15. The summed E-state index contributed by atoms with van der Waals surface area (Å²) in [6.07, 6.45) is 0.474. The molecule has 1 rings (SSSR count). The number of aryl methyl sites for hydroxylation is 1. The maximum Gasteiger partial charge on any atom is 0.338 e. The lowest BCUT2D eigenvalue weighted by molar-refractivity contribution is 0.0334. The summed E-state index contributed by atoms with van der Waals surface area (Å²) in [4.78, 5) is 11.8. The topological polar surface area (TPSA) is 60.4 Å². The van der Waals surface area contributed by atoms with Gasteiger partial charge in [0.1, 0.15) is 0 Å². The van der Waals surface area contributed by atoms with Crippen molar-refractivity contribution < 1.29 is 17.9 Å². The predicted octanol–water partition coefficient (Wildman–Crippen LogP) is 3.19. The smallest absolute Gasteiger partial charge is 0.338 e. The second kappa shape index (κ2) is 5.92. The summed E-state index contributed by atoms with van der Waals surface area (Å²) in [5.74, 6) is -0.543. The molecule has 6 heteroatoms. The predicted molar refractivity (Wildman–Crippen MR) is 74.1 cm³/mol. The molecule has 1 atom stereocenters. The molecule has 0 saturated carbocycles. The summed E-state index contributed by atoms with van der Waals surface area (Å²) in [5, 5.41) is 0. The summed E-state index contributed by atoms with van der Waals surface area (Å²) < 4.78 is 28.1. The monoisotopic (exact) mass is 304 g/mol. The quantitative estimate of drug-likeness (QED) is 0.633. The summed E-state index contributed by atoms with van der Waals surface area (Å²) in [5.41, 5.74) is 1.41. The fourth-order valence-corrected chi connectivity index (χ4v) is 2.81. The molecule has 1 aromatic rings. The first-order valence-electron chi connectivity index (χ1n) is 5.93. The van der Waals surface area contributed by atoms with Crippen LogP contribution in [-0.4, -0.2) is 20.5 Å². The molecule has 0 heterocycles. The fourth-order valence-electron chi connectivity index (χ4n) is 1.53. The molecule has 0 N–H and O–H groups in total. The van der Waals surface area contributed by atoms with Crippen LogP contribution in [0, 0.1) is 13.8 Å². The molecule has 0 amide bonds. The zero-order valence-corrected chi connectivity index (χ0v) is 12.9. The van der Waals surface area contributed by atoms with Crippen molar-refractivity contribution in [3.05, 3.63) is 28.8 Å². The lowest BCUT2D eigenvalue weighted by atomic mass is 10.1. The molecule has 0 spiro atoms. The molecule has 0 saturated heterocycles. The van der Waals surface area contributed by atoms with E-state index in [1.807, 2.05) is 6.92 Å². The molecular weight excluding hydrogens is 288 g/mol.